The summed E-state index contributed by atoms with van der Waals surface area (Å²) in [7, 11) is 1.56. The number of anilines is 1. The molecule has 3 heterocycles. The number of amides is 2. The third kappa shape index (κ3) is 3.37. The molecule has 1 atom stereocenters. The van der Waals surface area contributed by atoms with Crippen LogP contribution >= 0.6 is 0 Å². The molecule has 134 valence electrons. The fourth-order valence-corrected chi connectivity index (χ4v) is 2.56. The molecule has 3 N–H and O–H groups in total. The zero-order chi connectivity index (χ0) is 18.9. The summed E-state index contributed by atoms with van der Waals surface area (Å²) in [5, 5.41) is 2.67. The number of nitrogens with zero attached hydrogens (tertiary/aromatic N) is 4. The zero-order valence-corrected chi connectivity index (χ0v) is 14.2. The lowest BCUT2D eigenvalue weighted by atomic mass is 9.91. The Labute approximate surface area is 149 Å². The summed E-state index contributed by atoms with van der Waals surface area (Å²) >= 11 is 0. The minimum atomic E-state index is -0.928. The molecular weight excluding hydrogens is 339 g/mol. The lowest BCUT2D eigenvalue weighted by molar-refractivity contribution is -0.128. The van der Waals surface area contributed by atoms with Crippen LogP contribution in [0.1, 0.15) is 29.5 Å². The fraction of sp³-hybridized carbons (Fsp3) is 0.235. The monoisotopic (exact) mass is 356 g/mol. The van der Waals surface area contributed by atoms with Gasteiger partial charge < -0.3 is 11.1 Å². The van der Waals surface area contributed by atoms with Crippen molar-refractivity contribution in [1.82, 2.24) is 14.9 Å². The molecule has 0 radical (unpaired) electrons. The molecule has 1 aliphatic rings. The van der Waals surface area contributed by atoms with Gasteiger partial charge in [-0.05, 0) is 31.2 Å². The molecule has 26 heavy (non-hydrogen) atoms. The van der Waals surface area contributed by atoms with Crippen LogP contribution in [-0.4, -0.2) is 39.7 Å². The predicted molar refractivity (Wildman–Crippen MR) is 92.7 cm³/mol. The second kappa shape index (κ2) is 6.51. The van der Waals surface area contributed by atoms with E-state index >= 15 is 0 Å². The molecule has 3 rings (SSSR count). The molecule has 9 heteroatoms. The highest BCUT2D eigenvalue weighted by molar-refractivity contribution is 6.03. The van der Waals surface area contributed by atoms with Gasteiger partial charge in [-0.2, -0.15) is 0 Å². The quantitative estimate of drug-likeness (QED) is 0.859. The van der Waals surface area contributed by atoms with E-state index in [0.717, 1.165) is 12.3 Å². The third-order valence-electron chi connectivity index (χ3n) is 4.10. The van der Waals surface area contributed by atoms with Gasteiger partial charge in [-0.25, -0.2) is 14.4 Å². The molecule has 0 saturated carbocycles. The largest absolute Gasteiger partial charge is 0.369 e. The highest BCUT2D eigenvalue weighted by Gasteiger charge is 2.37. The van der Waals surface area contributed by atoms with E-state index in [1.165, 1.54) is 17.2 Å². The van der Waals surface area contributed by atoms with E-state index in [0.29, 0.717) is 11.4 Å². The van der Waals surface area contributed by atoms with Crippen LogP contribution in [-0.2, 0) is 10.3 Å². The van der Waals surface area contributed by atoms with Gasteiger partial charge in [0.1, 0.15) is 17.1 Å². The standard InChI is InChI=1S/C17H17FN6O2/c1-17(8-14(25)24(2)16(19)23-17)13-7-11(5-6-20-13)22-15(26)12-4-3-10(18)9-21-12/h3-7,9H,8H2,1-2H3,(H2,19,23)(H,20,22,26). The van der Waals surface area contributed by atoms with E-state index in [4.69, 9.17) is 5.73 Å². The maximum atomic E-state index is 12.9. The van der Waals surface area contributed by atoms with Crippen LogP contribution in [0.2, 0.25) is 0 Å². The number of hydrogen-bond acceptors (Lipinski definition) is 6. The number of nitrogens with one attached hydrogen (secondary N) is 1. The molecule has 0 bridgehead atoms. The predicted octanol–water partition coefficient (Wildman–Crippen LogP) is 1.26. The molecule has 0 saturated heterocycles. The van der Waals surface area contributed by atoms with E-state index in [9.17, 15) is 14.0 Å². The minimum Gasteiger partial charge on any atom is -0.369 e. The number of guanidine groups is 1. The smallest absolute Gasteiger partial charge is 0.274 e. The average Bonchev–Trinajstić information content (AvgIpc) is 2.60. The van der Waals surface area contributed by atoms with Crippen LogP contribution in [0.5, 0.6) is 0 Å². The van der Waals surface area contributed by atoms with Crippen molar-refractivity contribution >= 4 is 23.5 Å². The Morgan fingerprint density at radius 1 is 1.35 bits per heavy atom. The lowest BCUT2D eigenvalue weighted by Crippen LogP contribution is -2.47. The molecule has 1 unspecified atom stereocenters. The number of aliphatic imine (C=N–C) groups is 1. The number of rotatable bonds is 3. The van der Waals surface area contributed by atoms with Gasteiger partial charge in [0.05, 0.1) is 18.3 Å². The average molecular weight is 356 g/mol. The molecule has 0 aliphatic carbocycles. The summed E-state index contributed by atoms with van der Waals surface area (Å²) in [5.74, 6) is -1.08. The van der Waals surface area contributed by atoms with Crippen molar-refractivity contribution in [2.24, 2.45) is 10.7 Å². The second-order valence-electron chi connectivity index (χ2n) is 6.12. The molecule has 2 aromatic heterocycles. The van der Waals surface area contributed by atoms with Gasteiger partial charge >= 0.3 is 0 Å². The SMILES string of the molecule is CN1C(=O)CC(C)(c2cc(NC(=O)c3ccc(F)cn3)ccn2)N=C1N. The molecule has 1 aliphatic heterocycles. The van der Waals surface area contributed by atoms with Gasteiger partial charge in [-0.1, -0.05) is 0 Å². The van der Waals surface area contributed by atoms with Crippen molar-refractivity contribution < 1.29 is 14.0 Å². The van der Waals surface area contributed by atoms with E-state index in [1.807, 2.05) is 0 Å². The summed E-state index contributed by atoms with van der Waals surface area (Å²) in [4.78, 5) is 38.0. The van der Waals surface area contributed by atoms with Crippen molar-refractivity contribution in [3.63, 3.8) is 0 Å². The minimum absolute atomic E-state index is 0.0766. The van der Waals surface area contributed by atoms with Gasteiger partial charge in [0.25, 0.3) is 5.91 Å². The summed E-state index contributed by atoms with van der Waals surface area (Å²) in [6, 6.07) is 5.66. The number of aromatic nitrogens is 2. The van der Waals surface area contributed by atoms with Crippen LogP contribution in [0.4, 0.5) is 10.1 Å². The van der Waals surface area contributed by atoms with E-state index in [-0.39, 0.29) is 24.0 Å². The molecule has 8 nitrogen and oxygen atoms in total. The molecule has 0 spiro atoms. The number of pyridine rings is 2. The van der Waals surface area contributed by atoms with Crippen LogP contribution in [0.25, 0.3) is 0 Å². The molecule has 2 aromatic rings. The number of carbonyl (C=O) groups excluding carboxylic acids is 2. The summed E-state index contributed by atoms with van der Waals surface area (Å²) in [6.45, 7) is 1.75. The van der Waals surface area contributed by atoms with Crippen molar-refractivity contribution in [3.8, 4) is 0 Å². The Balaban J connectivity index is 1.85. The first-order valence-electron chi connectivity index (χ1n) is 7.80. The first-order valence-corrected chi connectivity index (χ1v) is 7.80. The zero-order valence-electron chi connectivity index (χ0n) is 14.2. The van der Waals surface area contributed by atoms with Crippen LogP contribution in [0, 0.1) is 5.82 Å². The Kier molecular flexibility index (Phi) is 4.37. The number of carbonyl (C=O) groups is 2. The van der Waals surface area contributed by atoms with Crippen LogP contribution < -0.4 is 11.1 Å². The fourth-order valence-electron chi connectivity index (χ4n) is 2.56. The highest BCUT2D eigenvalue weighted by atomic mass is 19.1. The topological polar surface area (TPSA) is 114 Å². The number of halogens is 1. The maximum Gasteiger partial charge on any atom is 0.274 e. The van der Waals surface area contributed by atoms with Gasteiger partial charge in [0, 0.05) is 18.9 Å². The summed E-state index contributed by atoms with van der Waals surface area (Å²) in [5.41, 5.74) is 5.90. The van der Waals surface area contributed by atoms with Gasteiger partial charge in [0.15, 0.2) is 5.96 Å². The third-order valence-corrected chi connectivity index (χ3v) is 4.10. The van der Waals surface area contributed by atoms with Crippen LogP contribution in [0.3, 0.4) is 0 Å². The van der Waals surface area contributed by atoms with E-state index in [2.05, 4.69) is 20.3 Å². The Hall–Kier alpha value is -3.36. The molecule has 2 amide bonds. The molecular formula is C17H17FN6O2. The first kappa shape index (κ1) is 17.5. The van der Waals surface area contributed by atoms with Gasteiger partial charge in [-0.15, -0.1) is 0 Å². The second-order valence-corrected chi connectivity index (χ2v) is 6.12. The molecule has 0 fully saturated rings. The molecule has 0 aromatic carbocycles. The Morgan fingerprint density at radius 3 is 2.77 bits per heavy atom. The number of nitrogens with two attached hydrogens (primary N) is 1. The van der Waals surface area contributed by atoms with Crippen molar-refractivity contribution in [1.29, 1.82) is 0 Å². The summed E-state index contributed by atoms with van der Waals surface area (Å²) < 4.78 is 12.9. The first-order chi connectivity index (χ1) is 12.3. The van der Waals surface area contributed by atoms with Crippen LogP contribution in [0.15, 0.2) is 41.7 Å². The lowest BCUT2D eigenvalue weighted by Gasteiger charge is -2.32. The Bertz CT molecular complexity index is 898. The van der Waals surface area contributed by atoms with Gasteiger partial charge in [0.2, 0.25) is 5.91 Å². The number of hydrogen-bond donors (Lipinski definition) is 2. The normalized spacial score (nSPS) is 19.9. The Morgan fingerprint density at radius 2 is 2.12 bits per heavy atom. The van der Waals surface area contributed by atoms with Gasteiger partial charge in [-0.3, -0.25) is 19.5 Å². The van der Waals surface area contributed by atoms with E-state index in [1.54, 1.807) is 26.1 Å². The van der Waals surface area contributed by atoms with Crippen molar-refractivity contribution in [2.75, 3.05) is 12.4 Å². The van der Waals surface area contributed by atoms with E-state index < -0.39 is 17.3 Å². The van der Waals surface area contributed by atoms with Crippen molar-refractivity contribution in [3.05, 3.63) is 53.9 Å². The maximum absolute atomic E-state index is 12.9. The highest BCUT2D eigenvalue weighted by Crippen LogP contribution is 2.32. The van der Waals surface area contributed by atoms with Crippen molar-refractivity contribution in [2.45, 2.75) is 18.9 Å². The summed E-state index contributed by atoms with van der Waals surface area (Å²) in [6.07, 6.45) is 2.58.